The first-order valence-corrected chi connectivity index (χ1v) is 7.24. The summed E-state index contributed by atoms with van der Waals surface area (Å²) in [6.45, 7) is 7.77. The number of amides is 2. The molecule has 2 unspecified atom stereocenters. The summed E-state index contributed by atoms with van der Waals surface area (Å²) in [5, 5.41) is 11.8. The molecule has 0 aromatic heterocycles. The summed E-state index contributed by atoms with van der Waals surface area (Å²) in [7, 11) is 0. The van der Waals surface area contributed by atoms with E-state index >= 15 is 0 Å². The smallest absolute Gasteiger partial charge is 0.326 e. The van der Waals surface area contributed by atoms with Crippen LogP contribution in [-0.2, 0) is 4.79 Å². The van der Waals surface area contributed by atoms with Crippen LogP contribution >= 0.6 is 0 Å². The van der Waals surface area contributed by atoms with Crippen LogP contribution in [-0.4, -0.2) is 41.1 Å². The van der Waals surface area contributed by atoms with Gasteiger partial charge in [0.25, 0.3) is 0 Å². The van der Waals surface area contributed by atoms with E-state index in [4.69, 9.17) is 5.11 Å². The fraction of sp³-hybridized carbons (Fsp3) is 0.857. The number of unbranched alkanes of at least 4 members (excludes halogenated alkanes) is 1. The van der Waals surface area contributed by atoms with Gasteiger partial charge in [-0.25, -0.2) is 9.59 Å². The number of hydrogen-bond acceptors (Lipinski definition) is 2. The largest absolute Gasteiger partial charge is 0.480 e. The van der Waals surface area contributed by atoms with Crippen LogP contribution in [0.25, 0.3) is 0 Å². The number of carboxylic acid groups (broad SMARTS) is 1. The fourth-order valence-electron chi connectivity index (χ4n) is 2.35. The van der Waals surface area contributed by atoms with Crippen LogP contribution in [0.3, 0.4) is 0 Å². The molecule has 0 radical (unpaired) electrons. The van der Waals surface area contributed by atoms with Crippen LogP contribution in [0.5, 0.6) is 0 Å². The van der Waals surface area contributed by atoms with Crippen LogP contribution in [0.1, 0.15) is 46.5 Å². The Morgan fingerprint density at radius 1 is 1.37 bits per heavy atom. The normalized spacial score (nSPS) is 24.9. The Balaban J connectivity index is 2.50. The van der Waals surface area contributed by atoms with Crippen molar-refractivity contribution in [1.29, 1.82) is 0 Å². The van der Waals surface area contributed by atoms with E-state index in [1.807, 2.05) is 6.92 Å². The lowest BCUT2D eigenvalue weighted by Gasteiger charge is -2.35. The zero-order chi connectivity index (χ0) is 14.4. The highest BCUT2D eigenvalue weighted by Crippen LogP contribution is 2.22. The molecule has 0 aromatic carbocycles. The first-order valence-electron chi connectivity index (χ1n) is 7.24. The molecule has 110 valence electrons. The molecule has 1 heterocycles. The lowest BCUT2D eigenvalue weighted by Crippen LogP contribution is -2.51. The van der Waals surface area contributed by atoms with E-state index in [-0.39, 0.29) is 6.03 Å². The molecule has 2 N–H and O–H groups in total. The molecule has 1 saturated heterocycles. The molecule has 2 amide bonds. The predicted octanol–water partition coefficient (Wildman–Crippen LogP) is 2.32. The third-order valence-corrected chi connectivity index (χ3v) is 4.06. The van der Waals surface area contributed by atoms with E-state index in [1.165, 1.54) is 0 Å². The minimum atomic E-state index is -0.944. The highest BCUT2D eigenvalue weighted by atomic mass is 16.4. The number of rotatable bonds is 5. The van der Waals surface area contributed by atoms with E-state index < -0.39 is 12.0 Å². The van der Waals surface area contributed by atoms with Crippen molar-refractivity contribution in [2.45, 2.75) is 52.5 Å². The maximum Gasteiger partial charge on any atom is 0.326 e. The van der Waals surface area contributed by atoms with Crippen LogP contribution < -0.4 is 5.32 Å². The lowest BCUT2D eigenvalue weighted by molar-refractivity contribution is -0.139. The van der Waals surface area contributed by atoms with Crippen LogP contribution in [0.4, 0.5) is 4.79 Å². The number of carbonyl (C=O) groups is 2. The zero-order valence-corrected chi connectivity index (χ0v) is 12.2. The number of piperidine rings is 1. The Morgan fingerprint density at radius 3 is 2.58 bits per heavy atom. The molecular formula is C14H26N2O3. The molecule has 1 fully saturated rings. The van der Waals surface area contributed by atoms with Gasteiger partial charge >= 0.3 is 12.0 Å². The molecule has 0 bridgehead atoms. The third-order valence-electron chi connectivity index (χ3n) is 4.06. The summed E-state index contributed by atoms with van der Waals surface area (Å²) in [4.78, 5) is 24.9. The Kier molecular flexibility index (Phi) is 6.12. The number of nitrogens with zero attached hydrogens (tertiary/aromatic N) is 1. The monoisotopic (exact) mass is 270 g/mol. The molecule has 0 saturated carbocycles. The second kappa shape index (κ2) is 7.36. The lowest BCUT2D eigenvalue weighted by atomic mass is 9.89. The van der Waals surface area contributed by atoms with Gasteiger partial charge in [0, 0.05) is 13.1 Å². The van der Waals surface area contributed by atoms with Crippen molar-refractivity contribution in [3.05, 3.63) is 0 Å². The number of urea groups is 1. The van der Waals surface area contributed by atoms with Gasteiger partial charge in [0.05, 0.1) is 0 Å². The van der Waals surface area contributed by atoms with Gasteiger partial charge in [0.15, 0.2) is 0 Å². The van der Waals surface area contributed by atoms with E-state index in [0.717, 1.165) is 25.8 Å². The summed E-state index contributed by atoms with van der Waals surface area (Å²) in [6.07, 6.45) is 3.22. The molecule has 1 aliphatic rings. The molecule has 3 atom stereocenters. The average Bonchev–Trinajstić information content (AvgIpc) is 2.37. The van der Waals surface area contributed by atoms with Crippen molar-refractivity contribution < 1.29 is 14.7 Å². The number of hydrogen-bond donors (Lipinski definition) is 2. The molecule has 0 spiro atoms. The molecule has 5 heteroatoms. The van der Waals surface area contributed by atoms with Gasteiger partial charge in [0.2, 0.25) is 0 Å². The van der Waals surface area contributed by atoms with Crippen molar-refractivity contribution in [3.63, 3.8) is 0 Å². The standard InChI is InChI=1S/C14H26N2O3/c1-4-5-6-12(13(17)18)15-14(19)16-8-7-10(2)11(3)9-16/h10-12H,4-9H2,1-3H3,(H,15,19)(H,17,18)/t10?,11?,12-/m0/s1. The van der Waals surface area contributed by atoms with Crippen molar-refractivity contribution in [1.82, 2.24) is 10.2 Å². The second-order valence-corrected chi connectivity index (χ2v) is 5.67. The van der Waals surface area contributed by atoms with E-state index in [2.05, 4.69) is 19.2 Å². The van der Waals surface area contributed by atoms with Crippen molar-refractivity contribution in [2.24, 2.45) is 11.8 Å². The SMILES string of the molecule is CCCC[C@H](NC(=O)N1CCC(C)C(C)C1)C(=O)O. The van der Waals surface area contributed by atoms with Crippen LogP contribution in [0.15, 0.2) is 0 Å². The molecule has 19 heavy (non-hydrogen) atoms. The van der Waals surface area contributed by atoms with Crippen LogP contribution in [0.2, 0.25) is 0 Å². The maximum atomic E-state index is 12.1. The molecule has 1 aliphatic heterocycles. The first kappa shape index (κ1) is 15.8. The minimum Gasteiger partial charge on any atom is -0.480 e. The zero-order valence-electron chi connectivity index (χ0n) is 12.2. The van der Waals surface area contributed by atoms with E-state index in [0.29, 0.717) is 24.8 Å². The minimum absolute atomic E-state index is 0.234. The van der Waals surface area contributed by atoms with Crippen LogP contribution in [0, 0.1) is 11.8 Å². The summed E-state index contributed by atoms with van der Waals surface area (Å²) < 4.78 is 0. The van der Waals surface area contributed by atoms with Gasteiger partial charge < -0.3 is 15.3 Å². The molecule has 0 aliphatic carbocycles. The summed E-state index contributed by atoms with van der Waals surface area (Å²) >= 11 is 0. The van der Waals surface area contributed by atoms with E-state index in [1.54, 1.807) is 4.90 Å². The van der Waals surface area contributed by atoms with Gasteiger partial charge in [-0.05, 0) is 24.7 Å². The number of nitrogens with one attached hydrogen (secondary N) is 1. The summed E-state index contributed by atoms with van der Waals surface area (Å²) in [5.74, 6) is 0.151. The third kappa shape index (κ3) is 4.73. The topological polar surface area (TPSA) is 69.6 Å². The second-order valence-electron chi connectivity index (χ2n) is 5.67. The molecule has 1 rings (SSSR count). The van der Waals surface area contributed by atoms with Gasteiger partial charge in [-0.1, -0.05) is 33.6 Å². The highest BCUT2D eigenvalue weighted by molar-refractivity contribution is 5.82. The maximum absolute atomic E-state index is 12.1. The Morgan fingerprint density at radius 2 is 2.05 bits per heavy atom. The Hall–Kier alpha value is -1.26. The number of aliphatic carboxylic acids is 1. The number of carbonyl (C=O) groups excluding carboxylic acids is 1. The molecular weight excluding hydrogens is 244 g/mol. The van der Waals surface area contributed by atoms with Gasteiger partial charge in [0.1, 0.15) is 6.04 Å². The number of likely N-dealkylation sites (tertiary alicyclic amines) is 1. The van der Waals surface area contributed by atoms with Crippen molar-refractivity contribution >= 4 is 12.0 Å². The van der Waals surface area contributed by atoms with E-state index in [9.17, 15) is 9.59 Å². The predicted molar refractivity (Wildman–Crippen MR) is 74.0 cm³/mol. The average molecular weight is 270 g/mol. The van der Waals surface area contributed by atoms with Crippen molar-refractivity contribution in [3.8, 4) is 0 Å². The number of carboxylic acids is 1. The fourth-order valence-corrected chi connectivity index (χ4v) is 2.35. The summed E-state index contributed by atoms with van der Waals surface area (Å²) in [5.41, 5.74) is 0. The summed E-state index contributed by atoms with van der Waals surface area (Å²) in [6, 6.07) is -0.996. The molecule has 0 aromatic rings. The Labute approximate surface area is 115 Å². The molecule has 5 nitrogen and oxygen atoms in total. The quantitative estimate of drug-likeness (QED) is 0.805. The highest BCUT2D eigenvalue weighted by Gasteiger charge is 2.28. The van der Waals surface area contributed by atoms with Gasteiger partial charge in [-0.2, -0.15) is 0 Å². The van der Waals surface area contributed by atoms with Gasteiger partial charge in [-0.3, -0.25) is 0 Å². The van der Waals surface area contributed by atoms with Gasteiger partial charge in [-0.15, -0.1) is 0 Å². The Bertz CT molecular complexity index is 320. The van der Waals surface area contributed by atoms with Crippen molar-refractivity contribution in [2.75, 3.05) is 13.1 Å². The first-order chi connectivity index (χ1) is 8.95.